The monoisotopic (exact) mass is 252 g/mol. The first-order valence-electron chi connectivity index (χ1n) is 5.20. The maximum atomic E-state index is 11.5. The Bertz CT molecular complexity index is 420. The molecule has 6 heteroatoms. The maximum absolute atomic E-state index is 11.5. The van der Waals surface area contributed by atoms with Crippen molar-refractivity contribution in [2.24, 2.45) is 16.7 Å². The number of hydrogen-bond acceptors (Lipinski definition) is 4. The topological polar surface area (TPSA) is 93.5 Å². The van der Waals surface area contributed by atoms with E-state index in [0.29, 0.717) is 0 Å². The third-order valence-electron chi connectivity index (χ3n) is 2.10. The number of amides is 1. The molecule has 1 aromatic rings. The van der Waals surface area contributed by atoms with Gasteiger partial charge >= 0.3 is 0 Å². The summed E-state index contributed by atoms with van der Waals surface area (Å²) in [7, 11) is 0. The first-order valence-corrected chi connectivity index (χ1v) is 6.19. The highest BCUT2D eigenvalue weighted by atomic mass is 32.2. The summed E-state index contributed by atoms with van der Waals surface area (Å²) in [6.07, 6.45) is 0.936. The normalized spacial score (nSPS) is 11.2. The number of benzene rings is 1. The van der Waals surface area contributed by atoms with Crippen molar-refractivity contribution >= 4 is 28.5 Å². The van der Waals surface area contributed by atoms with Crippen LogP contribution in [-0.4, -0.2) is 16.8 Å². The van der Waals surface area contributed by atoms with E-state index in [1.165, 1.54) is 5.56 Å². The molecule has 1 amide bonds. The van der Waals surface area contributed by atoms with Gasteiger partial charge in [0.25, 0.3) is 0 Å². The van der Waals surface area contributed by atoms with E-state index in [0.717, 1.165) is 23.9 Å². The molecule has 0 fully saturated rings. The van der Waals surface area contributed by atoms with Gasteiger partial charge < -0.3 is 16.9 Å². The summed E-state index contributed by atoms with van der Waals surface area (Å²) in [4.78, 5) is 11.5. The molecule has 0 atom stereocenters. The molecule has 0 spiro atoms. The average Bonchev–Trinajstić information content (AvgIpc) is 2.36. The van der Waals surface area contributed by atoms with Crippen LogP contribution in [0, 0.1) is 0 Å². The number of amidine groups is 1. The number of rotatable bonds is 4. The predicted octanol–water partition coefficient (Wildman–Crippen LogP) is 1.11. The molecule has 5 N–H and O–H groups in total. The highest BCUT2D eigenvalue weighted by Gasteiger charge is 2.04. The van der Waals surface area contributed by atoms with Gasteiger partial charge in [-0.2, -0.15) is 5.10 Å². The second-order valence-electron chi connectivity index (χ2n) is 3.36. The fourth-order valence-electron chi connectivity index (χ4n) is 1.24. The zero-order valence-electron chi connectivity index (χ0n) is 9.64. The SMILES string of the molecule is CCc1cccc(NC(=O)CSC(N)=NN)c1. The Balaban J connectivity index is 2.50. The summed E-state index contributed by atoms with van der Waals surface area (Å²) in [5.41, 5.74) is 7.34. The van der Waals surface area contributed by atoms with Crippen molar-refractivity contribution in [3.05, 3.63) is 29.8 Å². The van der Waals surface area contributed by atoms with Crippen LogP contribution >= 0.6 is 11.8 Å². The summed E-state index contributed by atoms with van der Waals surface area (Å²) in [5, 5.41) is 6.25. The molecule has 1 rings (SSSR count). The Labute approximate surface area is 105 Å². The van der Waals surface area contributed by atoms with Crippen molar-refractivity contribution < 1.29 is 4.79 Å². The number of thioether (sulfide) groups is 1. The van der Waals surface area contributed by atoms with Gasteiger partial charge in [0, 0.05) is 5.69 Å². The van der Waals surface area contributed by atoms with Gasteiger partial charge in [-0.25, -0.2) is 0 Å². The van der Waals surface area contributed by atoms with Gasteiger partial charge in [-0.05, 0) is 24.1 Å². The number of hydrogen-bond donors (Lipinski definition) is 3. The van der Waals surface area contributed by atoms with Crippen LogP contribution in [0.5, 0.6) is 0 Å². The largest absolute Gasteiger partial charge is 0.377 e. The number of nitrogens with zero attached hydrogens (tertiary/aromatic N) is 1. The Morgan fingerprint density at radius 1 is 1.53 bits per heavy atom. The van der Waals surface area contributed by atoms with Gasteiger partial charge in [0.15, 0.2) is 5.17 Å². The molecule has 1 aromatic carbocycles. The quantitative estimate of drug-likeness (QED) is 0.324. The highest BCUT2D eigenvalue weighted by Crippen LogP contribution is 2.11. The van der Waals surface area contributed by atoms with Crippen molar-refractivity contribution in [1.82, 2.24) is 0 Å². The molecule has 0 saturated heterocycles. The van der Waals surface area contributed by atoms with Gasteiger partial charge in [0.1, 0.15) is 0 Å². The zero-order valence-corrected chi connectivity index (χ0v) is 10.5. The Morgan fingerprint density at radius 3 is 2.94 bits per heavy atom. The third kappa shape index (κ3) is 4.78. The van der Waals surface area contributed by atoms with E-state index in [9.17, 15) is 4.79 Å². The Morgan fingerprint density at radius 2 is 2.29 bits per heavy atom. The van der Waals surface area contributed by atoms with Crippen LogP contribution in [0.25, 0.3) is 0 Å². The molecule has 17 heavy (non-hydrogen) atoms. The van der Waals surface area contributed by atoms with Crippen LogP contribution in [0.4, 0.5) is 5.69 Å². The summed E-state index contributed by atoms with van der Waals surface area (Å²) in [6, 6.07) is 7.73. The molecule has 0 bridgehead atoms. The lowest BCUT2D eigenvalue weighted by molar-refractivity contribution is -0.113. The number of nitrogens with two attached hydrogens (primary N) is 2. The van der Waals surface area contributed by atoms with Crippen molar-refractivity contribution in [2.45, 2.75) is 13.3 Å². The van der Waals surface area contributed by atoms with Crippen molar-refractivity contribution in [3.8, 4) is 0 Å². The number of nitrogens with one attached hydrogen (secondary N) is 1. The second-order valence-corrected chi connectivity index (χ2v) is 4.35. The van der Waals surface area contributed by atoms with E-state index in [1.54, 1.807) is 0 Å². The van der Waals surface area contributed by atoms with Crippen LogP contribution in [0.2, 0.25) is 0 Å². The lowest BCUT2D eigenvalue weighted by Gasteiger charge is -2.06. The third-order valence-corrected chi connectivity index (χ3v) is 2.91. The van der Waals surface area contributed by atoms with Crippen LogP contribution in [0.1, 0.15) is 12.5 Å². The van der Waals surface area contributed by atoms with Crippen molar-refractivity contribution in [1.29, 1.82) is 0 Å². The van der Waals surface area contributed by atoms with Gasteiger partial charge in [-0.15, -0.1) is 0 Å². The molecule has 0 aliphatic heterocycles. The molecule has 0 aromatic heterocycles. The standard InChI is InChI=1S/C11H16N4OS/c1-2-8-4-3-5-9(6-8)14-10(16)7-17-11(12)15-13/h3-6H,2,7,13H2,1H3,(H2,12,15)(H,14,16). The Hall–Kier alpha value is -1.69. The fraction of sp³-hybridized carbons (Fsp3) is 0.273. The van der Waals surface area contributed by atoms with Gasteiger partial charge in [-0.3, -0.25) is 4.79 Å². The number of carbonyl (C=O) groups excluding carboxylic acids is 1. The molecule has 0 aliphatic rings. The first-order chi connectivity index (χ1) is 8.15. The Kier molecular flexibility index (Phi) is 5.35. The number of hydrazone groups is 1. The van der Waals surface area contributed by atoms with E-state index in [1.807, 2.05) is 24.3 Å². The summed E-state index contributed by atoms with van der Waals surface area (Å²) >= 11 is 1.10. The minimum atomic E-state index is -0.130. The van der Waals surface area contributed by atoms with Crippen LogP contribution in [0.3, 0.4) is 0 Å². The molecule has 5 nitrogen and oxygen atoms in total. The van der Waals surface area contributed by atoms with Crippen molar-refractivity contribution in [3.63, 3.8) is 0 Å². The lowest BCUT2D eigenvalue weighted by atomic mass is 10.1. The van der Waals surface area contributed by atoms with Crippen LogP contribution in [-0.2, 0) is 11.2 Å². The molecule has 92 valence electrons. The first kappa shape index (κ1) is 13.4. The molecular formula is C11H16N4OS. The predicted molar refractivity (Wildman–Crippen MR) is 72.7 cm³/mol. The van der Waals surface area contributed by atoms with E-state index in [4.69, 9.17) is 11.6 Å². The molecule has 0 radical (unpaired) electrons. The smallest absolute Gasteiger partial charge is 0.234 e. The van der Waals surface area contributed by atoms with Crippen LogP contribution < -0.4 is 16.9 Å². The molecular weight excluding hydrogens is 236 g/mol. The minimum Gasteiger partial charge on any atom is -0.377 e. The molecule has 0 unspecified atom stereocenters. The average molecular weight is 252 g/mol. The molecule has 0 heterocycles. The second kappa shape index (κ2) is 6.80. The van der Waals surface area contributed by atoms with Gasteiger partial charge in [0.2, 0.25) is 5.91 Å². The summed E-state index contributed by atoms with van der Waals surface area (Å²) in [6.45, 7) is 2.06. The van der Waals surface area contributed by atoms with E-state index >= 15 is 0 Å². The molecule has 0 aliphatic carbocycles. The number of anilines is 1. The van der Waals surface area contributed by atoms with Crippen LogP contribution in [0.15, 0.2) is 29.4 Å². The van der Waals surface area contributed by atoms with E-state index < -0.39 is 0 Å². The minimum absolute atomic E-state index is 0.130. The molecule has 0 saturated carbocycles. The van der Waals surface area contributed by atoms with E-state index in [-0.39, 0.29) is 16.8 Å². The van der Waals surface area contributed by atoms with Crippen molar-refractivity contribution in [2.75, 3.05) is 11.1 Å². The number of carbonyl (C=O) groups is 1. The maximum Gasteiger partial charge on any atom is 0.234 e. The van der Waals surface area contributed by atoms with E-state index in [2.05, 4.69) is 17.3 Å². The zero-order chi connectivity index (χ0) is 12.7. The lowest BCUT2D eigenvalue weighted by Crippen LogP contribution is -2.18. The van der Waals surface area contributed by atoms with Gasteiger partial charge in [-0.1, -0.05) is 30.8 Å². The fourth-order valence-corrected chi connectivity index (χ4v) is 1.67. The summed E-state index contributed by atoms with van der Waals surface area (Å²) in [5.74, 6) is 5.03. The van der Waals surface area contributed by atoms with Gasteiger partial charge in [0.05, 0.1) is 5.75 Å². The summed E-state index contributed by atoms with van der Waals surface area (Å²) < 4.78 is 0. The highest BCUT2D eigenvalue weighted by molar-refractivity contribution is 8.14. The number of aryl methyl sites for hydroxylation is 1.